The number of nitrogens with zero attached hydrogens (tertiary/aromatic N) is 3. The van der Waals surface area contributed by atoms with Crippen LogP contribution in [0, 0.1) is 0 Å². The second kappa shape index (κ2) is 10.2. The molecule has 3 nitrogen and oxygen atoms in total. The molecule has 0 amide bonds. The fourth-order valence-electron chi connectivity index (χ4n) is 2.43. The molecule has 0 spiro atoms. The summed E-state index contributed by atoms with van der Waals surface area (Å²) in [6.07, 6.45) is 16.1. The van der Waals surface area contributed by atoms with Crippen LogP contribution >= 0.6 is 0 Å². The Kier molecular flexibility index (Phi) is 8.70. The predicted molar refractivity (Wildman–Crippen MR) is 79.7 cm³/mol. The Labute approximate surface area is 113 Å². The first-order valence-electron chi connectivity index (χ1n) is 7.82. The van der Waals surface area contributed by atoms with Gasteiger partial charge in [-0.15, -0.1) is 0 Å². The maximum absolute atomic E-state index is 4.22. The summed E-state index contributed by atoms with van der Waals surface area (Å²) < 4.78 is 0. The Morgan fingerprint density at radius 2 is 1.44 bits per heavy atom. The SMILES string of the molecule is CCCCCCCCCCCCN1C=NN(C)C1. The number of hydrazone groups is 1. The molecule has 0 bridgehead atoms. The molecule has 3 heteroatoms. The van der Waals surface area contributed by atoms with Gasteiger partial charge in [-0.3, -0.25) is 5.01 Å². The maximum Gasteiger partial charge on any atom is 0.113 e. The van der Waals surface area contributed by atoms with Gasteiger partial charge >= 0.3 is 0 Å². The van der Waals surface area contributed by atoms with Gasteiger partial charge in [-0.05, 0) is 6.42 Å². The Balaban J connectivity index is 1.75. The van der Waals surface area contributed by atoms with Gasteiger partial charge in [0.05, 0.1) is 0 Å². The molecule has 0 aliphatic carbocycles. The van der Waals surface area contributed by atoms with E-state index >= 15 is 0 Å². The fourth-order valence-corrected chi connectivity index (χ4v) is 2.43. The lowest BCUT2D eigenvalue weighted by atomic mass is 10.1. The monoisotopic (exact) mass is 253 g/mol. The zero-order chi connectivity index (χ0) is 13.1. The summed E-state index contributed by atoms with van der Waals surface area (Å²) in [5.41, 5.74) is 0. The van der Waals surface area contributed by atoms with E-state index in [2.05, 4.69) is 16.9 Å². The Morgan fingerprint density at radius 1 is 0.889 bits per heavy atom. The highest BCUT2D eigenvalue weighted by Crippen LogP contribution is 2.11. The highest BCUT2D eigenvalue weighted by atomic mass is 15.6. The van der Waals surface area contributed by atoms with Crippen molar-refractivity contribution < 1.29 is 0 Å². The summed E-state index contributed by atoms with van der Waals surface area (Å²) in [4.78, 5) is 2.30. The van der Waals surface area contributed by atoms with Gasteiger partial charge in [0.15, 0.2) is 0 Å². The molecule has 1 aliphatic heterocycles. The van der Waals surface area contributed by atoms with Gasteiger partial charge in [0.25, 0.3) is 0 Å². The van der Waals surface area contributed by atoms with E-state index in [1.54, 1.807) is 0 Å². The average Bonchev–Trinajstić information content (AvgIpc) is 2.77. The fraction of sp³-hybridized carbons (Fsp3) is 0.933. The highest BCUT2D eigenvalue weighted by molar-refractivity contribution is 5.55. The lowest BCUT2D eigenvalue weighted by Gasteiger charge is -2.15. The molecule has 0 aromatic heterocycles. The summed E-state index contributed by atoms with van der Waals surface area (Å²) in [6.45, 7) is 4.42. The van der Waals surface area contributed by atoms with E-state index in [9.17, 15) is 0 Å². The lowest BCUT2D eigenvalue weighted by Crippen LogP contribution is -2.25. The topological polar surface area (TPSA) is 18.8 Å². The first kappa shape index (κ1) is 15.3. The van der Waals surface area contributed by atoms with Gasteiger partial charge in [-0.1, -0.05) is 64.7 Å². The van der Waals surface area contributed by atoms with Crippen LogP contribution in [0.3, 0.4) is 0 Å². The van der Waals surface area contributed by atoms with Crippen molar-refractivity contribution in [2.24, 2.45) is 5.10 Å². The molecule has 0 aromatic carbocycles. The minimum absolute atomic E-state index is 0.970. The zero-order valence-electron chi connectivity index (χ0n) is 12.4. The van der Waals surface area contributed by atoms with Gasteiger partial charge < -0.3 is 4.90 Å². The standard InChI is InChI=1S/C15H31N3/c1-3-4-5-6-7-8-9-10-11-12-13-18-14-16-17(2)15-18/h14H,3-13,15H2,1-2H3. The summed E-state index contributed by atoms with van der Waals surface area (Å²) in [5, 5.41) is 6.20. The zero-order valence-corrected chi connectivity index (χ0v) is 12.4. The summed E-state index contributed by atoms with van der Waals surface area (Å²) >= 11 is 0. The molecule has 0 unspecified atom stereocenters. The van der Waals surface area contributed by atoms with Gasteiger partial charge in [0.1, 0.15) is 13.0 Å². The number of rotatable bonds is 11. The predicted octanol–water partition coefficient (Wildman–Crippen LogP) is 4.06. The Morgan fingerprint density at radius 3 is 1.94 bits per heavy atom. The van der Waals surface area contributed by atoms with Crippen molar-refractivity contribution in [2.45, 2.75) is 71.1 Å². The first-order valence-corrected chi connectivity index (χ1v) is 7.82. The first-order chi connectivity index (χ1) is 8.83. The Bertz CT molecular complexity index is 216. The van der Waals surface area contributed by atoms with E-state index in [-0.39, 0.29) is 0 Å². The van der Waals surface area contributed by atoms with Gasteiger partial charge in [0, 0.05) is 13.6 Å². The van der Waals surface area contributed by atoms with Crippen molar-refractivity contribution in [3.05, 3.63) is 0 Å². The highest BCUT2D eigenvalue weighted by Gasteiger charge is 2.08. The van der Waals surface area contributed by atoms with Gasteiger partial charge in [-0.25, -0.2) is 0 Å². The summed E-state index contributed by atoms with van der Waals surface area (Å²) in [7, 11) is 2.02. The van der Waals surface area contributed by atoms with Crippen molar-refractivity contribution in [3.8, 4) is 0 Å². The van der Waals surface area contributed by atoms with Crippen LogP contribution in [0.4, 0.5) is 0 Å². The van der Waals surface area contributed by atoms with Crippen LogP contribution in [0.25, 0.3) is 0 Å². The van der Waals surface area contributed by atoms with Gasteiger partial charge in [0.2, 0.25) is 0 Å². The minimum atomic E-state index is 0.970. The maximum atomic E-state index is 4.22. The molecule has 0 atom stereocenters. The molecule has 1 rings (SSSR count). The van der Waals surface area contributed by atoms with Crippen LogP contribution in [0.2, 0.25) is 0 Å². The van der Waals surface area contributed by atoms with Crippen molar-refractivity contribution >= 4 is 6.34 Å². The molecule has 1 heterocycles. The third kappa shape index (κ3) is 7.57. The number of unbranched alkanes of at least 4 members (excludes halogenated alkanes) is 9. The van der Waals surface area contributed by atoms with Crippen molar-refractivity contribution in [1.29, 1.82) is 0 Å². The molecule has 1 aliphatic rings. The minimum Gasteiger partial charge on any atom is -0.342 e. The number of hydrogen-bond donors (Lipinski definition) is 0. The average molecular weight is 253 g/mol. The van der Waals surface area contributed by atoms with Crippen molar-refractivity contribution in [3.63, 3.8) is 0 Å². The molecule has 0 saturated carbocycles. The Hall–Kier alpha value is -0.730. The van der Waals surface area contributed by atoms with Gasteiger partial charge in [-0.2, -0.15) is 5.10 Å². The molecule has 0 fully saturated rings. The van der Waals surface area contributed by atoms with E-state index < -0.39 is 0 Å². The third-order valence-corrected chi connectivity index (χ3v) is 3.60. The number of hydrogen-bond acceptors (Lipinski definition) is 3. The molecule has 106 valence electrons. The van der Waals surface area contributed by atoms with Crippen LogP contribution in [0.1, 0.15) is 71.1 Å². The molecule has 0 N–H and O–H groups in total. The third-order valence-electron chi connectivity index (χ3n) is 3.60. The smallest absolute Gasteiger partial charge is 0.113 e. The molecule has 0 radical (unpaired) electrons. The molecule has 18 heavy (non-hydrogen) atoms. The second-order valence-corrected chi connectivity index (χ2v) is 5.52. The van der Waals surface area contributed by atoms with E-state index in [0.717, 1.165) is 6.67 Å². The molecular weight excluding hydrogens is 222 g/mol. The quantitative estimate of drug-likeness (QED) is 0.517. The van der Waals surface area contributed by atoms with E-state index in [0.29, 0.717) is 0 Å². The van der Waals surface area contributed by atoms with Crippen LogP contribution in [0.15, 0.2) is 5.10 Å². The van der Waals surface area contributed by atoms with Crippen molar-refractivity contribution in [2.75, 3.05) is 20.3 Å². The van der Waals surface area contributed by atoms with Crippen molar-refractivity contribution in [1.82, 2.24) is 9.91 Å². The van der Waals surface area contributed by atoms with Crippen LogP contribution in [-0.4, -0.2) is 36.5 Å². The normalized spacial score (nSPS) is 14.8. The van der Waals surface area contributed by atoms with Crippen LogP contribution < -0.4 is 0 Å². The molecule has 0 saturated heterocycles. The van der Waals surface area contributed by atoms with Crippen LogP contribution in [0.5, 0.6) is 0 Å². The largest absolute Gasteiger partial charge is 0.342 e. The van der Waals surface area contributed by atoms with E-state index in [1.807, 2.05) is 18.4 Å². The van der Waals surface area contributed by atoms with Crippen LogP contribution in [-0.2, 0) is 0 Å². The second-order valence-electron chi connectivity index (χ2n) is 5.52. The molecular formula is C15H31N3. The summed E-state index contributed by atoms with van der Waals surface area (Å²) in [6, 6.07) is 0. The molecule has 0 aromatic rings. The lowest BCUT2D eigenvalue weighted by molar-refractivity contribution is 0.274. The van der Waals surface area contributed by atoms with E-state index in [1.165, 1.54) is 70.8 Å². The van der Waals surface area contributed by atoms with E-state index in [4.69, 9.17) is 0 Å². The summed E-state index contributed by atoms with van der Waals surface area (Å²) in [5.74, 6) is 0.